The van der Waals surface area contributed by atoms with Crippen LogP contribution in [0.4, 0.5) is 5.69 Å². The van der Waals surface area contributed by atoms with Gasteiger partial charge in [0.1, 0.15) is 6.07 Å². The highest BCUT2D eigenvalue weighted by molar-refractivity contribution is 7.98. The van der Waals surface area contributed by atoms with Crippen molar-refractivity contribution in [2.75, 3.05) is 23.9 Å². The monoisotopic (exact) mass is 282 g/mol. The van der Waals surface area contributed by atoms with E-state index in [2.05, 4.69) is 17.6 Å². The number of hydrogen-bond acceptors (Lipinski definition) is 3. The Morgan fingerprint density at radius 1 is 1.28 bits per heavy atom. The van der Waals surface area contributed by atoms with Crippen LogP contribution in [-0.2, 0) is 0 Å². The molecular formula is C14H19ClN2S. The van der Waals surface area contributed by atoms with E-state index in [1.54, 1.807) is 6.07 Å². The van der Waals surface area contributed by atoms with Crippen molar-refractivity contribution in [3.63, 3.8) is 0 Å². The molecule has 0 fully saturated rings. The number of nitrogens with zero attached hydrogens (tertiary/aromatic N) is 1. The second kappa shape index (κ2) is 9.13. The molecule has 18 heavy (non-hydrogen) atoms. The fourth-order valence-corrected chi connectivity index (χ4v) is 2.39. The van der Waals surface area contributed by atoms with Gasteiger partial charge in [-0.25, -0.2) is 0 Å². The molecule has 1 N–H and O–H groups in total. The number of hydrogen-bond donors (Lipinski definition) is 1. The molecule has 0 saturated heterocycles. The normalized spacial score (nSPS) is 10.1. The molecule has 1 aromatic rings. The average Bonchev–Trinajstić information content (AvgIpc) is 2.38. The fourth-order valence-electron chi connectivity index (χ4n) is 1.67. The highest BCUT2D eigenvalue weighted by Crippen LogP contribution is 2.20. The van der Waals surface area contributed by atoms with Gasteiger partial charge in [0.2, 0.25) is 0 Å². The summed E-state index contributed by atoms with van der Waals surface area (Å²) in [4.78, 5) is 0. The van der Waals surface area contributed by atoms with Crippen LogP contribution in [0.3, 0.4) is 0 Å². The largest absolute Gasteiger partial charge is 0.385 e. The van der Waals surface area contributed by atoms with Crippen LogP contribution in [0.2, 0.25) is 5.02 Å². The van der Waals surface area contributed by atoms with Crippen molar-refractivity contribution in [1.82, 2.24) is 0 Å². The number of nitrogens with one attached hydrogen (secondary N) is 1. The van der Waals surface area contributed by atoms with Crippen LogP contribution >= 0.6 is 23.4 Å². The fraction of sp³-hybridized carbons (Fsp3) is 0.500. The quantitative estimate of drug-likeness (QED) is 0.711. The topological polar surface area (TPSA) is 35.8 Å². The SMILES string of the molecule is CSCCCCCCNc1ccc(C#N)c(Cl)c1. The Labute approximate surface area is 119 Å². The number of unbranched alkanes of at least 4 members (excludes halogenated alkanes) is 3. The smallest absolute Gasteiger partial charge is 0.101 e. The van der Waals surface area contributed by atoms with Gasteiger partial charge in [-0.15, -0.1) is 0 Å². The molecule has 1 rings (SSSR count). The summed E-state index contributed by atoms with van der Waals surface area (Å²) in [6.07, 6.45) is 7.19. The average molecular weight is 283 g/mol. The van der Waals surface area contributed by atoms with Gasteiger partial charge in [0.15, 0.2) is 0 Å². The zero-order chi connectivity index (χ0) is 13.2. The van der Waals surface area contributed by atoms with Crippen molar-refractivity contribution >= 4 is 29.1 Å². The second-order valence-corrected chi connectivity index (χ2v) is 5.53. The predicted octanol–water partition coefficient (Wildman–Crippen LogP) is 4.55. The van der Waals surface area contributed by atoms with E-state index >= 15 is 0 Å². The number of rotatable bonds is 8. The van der Waals surface area contributed by atoms with E-state index in [1.165, 1.54) is 31.4 Å². The van der Waals surface area contributed by atoms with Crippen LogP contribution in [0, 0.1) is 11.3 Å². The van der Waals surface area contributed by atoms with Crippen molar-refractivity contribution in [3.05, 3.63) is 28.8 Å². The molecule has 0 aliphatic heterocycles. The third-order valence-corrected chi connectivity index (χ3v) is 3.70. The van der Waals surface area contributed by atoms with E-state index in [1.807, 2.05) is 23.9 Å². The third-order valence-electron chi connectivity index (χ3n) is 2.69. The molecule has 4 heteroatoms. The molecule has 0 radical (unpaired) electrons. The van der Waals surface area contributed by atoms with E-state index < -0.39 is 0 Å². The number of benzene rings is 1. The van der Waals surface area contributed by atoms with Crippen molar-refractivity contribution in [1.29, 1.82) is 5.26 Å². The first-order valence-corrected chi connectivity index (χ1v) is 7.97. The predicted molar refractivity (Wildman–Crippen MR) is 81.5 cm³/mol. The molecule has 0 bridgehead atoms. The summed E-state index contributed by atoms with van der Waals surface area (Å²) in [5, 5.41) is 12.6. The Balaban J connectivity index is 2.20. The van der Waals surface area contributed by atoms with Crippen LogP contribution in [0.1, 0.15) is 31.2 Å². The molecule has 0 aromatic heterocycles. The maximum atomic E-state index is 8.77. The second-order valence-electron chi connectivity index (χ2n) is 4.14. The van der Waals surface area contributed by atoms with E-state index in [0.29, 0.717) is 10.6 Å². The molecule has 0 spiro atoms. The Bertz CT molecular complexity index is 401. The molecule has 0 aliphatic rings. The van der Waals surface area contributed by atoms with Crippen molar-refractivity contribution in [2.24, 2.45) is 0 Å². The lowest BCUT2D eigenvalue weighted by atomic mass is 10.2. The van der Waals surface area contributed by atoms with Gasteiger partial charge in [-0.05, 0) is 43.0 Å². The lowest BCUT2D eigenvalue weighted by Crippen LogP contribution is -2.01. The minimum atomic E-state index is 0.516. The minimum absolute atomic E-state index is 0.516. The van der Waals surface area contributed by atoms with Gasteiger partial charge in [0.05, 0.1) is 10.6 Å². The Hall–Kier alpha value is -0.850. The maximum Gasteiger partial charge on any atom is 0.101 e. The van der Waals surface area contributed by atoms with Crippen molar-refractivity contribution in [2.45, 2.75) is 25.7 Å². The van der Waals surface area contributed by atoms with Crippen LogP contribution in [0.15, 0.2) is 18.2 Å². The first kappa shape index (κ1) is 15.2. The van der Waals surface area contributed by atoms with Gasteiger partial charge in [0, 0.05) is 12.2 Å². The molecule has 2 nitrogen and oxygen atoms in total. The zero-order valence-corrected chi connectivity index (χ0v) is 12.3. The lowest BCUT2D eigenvalue weighted by Gasteiger charge is -2.07. The van der Waals surface area contributed by atoms with Crippen molar-refractivity contribution in [3.8, 4) is 6.07 Å². The summed E-state index contributed by atoms with van der Waals surface area (Å²) in [5.74, 6) is 1.26. The summed E-state index contributed by atoms with van der Waals surface area (Å²) in [6, 6.07) is 7.52. The van der Waals surface area contributed by atoms with Gasteiger partial charge in [0.25, 0.3) is 0 Å². The van der Waals surface area contributed by atoms with Gasteiger partial charge in [-0.1, -0.05) is 24.4 Å². The minimum Gasteiger partial charge on any atom is -0.385 e. The van der Waals surface area contributed by atoms with E-state index in [0.717, 1.165) is 12.2 Å². The van der Waals surface area contributed by atoms with Gasteiger partial charge < -0.3 is 5.32 Å². The van der Waals surface area contributed by atoms with E-state index in [4.69, 9.17) is 16.9 Å². The van der Waals surface area contributed by atoms with Crippen LogP contribution in [-0.4, -0.2) is 18.6 Å². The zero-order valence-electron chi connectivity index (χ0n) is 10.7. The summed E-state index contributed by atoms with van der Waals surface area (Å²) in [5.41, 5.74) is 1.52. The van der Waals surface area contributed by atoms with Crippen LogP contribution in [0.25, 0.3) is 0 Å². The van der Waals surface area contributed by atoms with E-state index in [-0.39, 0.29) is 0 Å². The van der Waals surface area contributed by atoms with Crippen LogP contribution in [0.5, 0.6) is 0 Å². The summed E-state index contributed by atoms with van der Waals surface area (Å²) >= 11 is 7.87. The van der Waals surface area contributed by atoms with E-state index in [9.17, 15) is 0 Å². The molecule has 0 saturated carbocycles. The molecule has 0 amide bonds. The standard InChI is InChI=1S/C14H19ClN2S/c1-18-9-5-3-2-4-8-17-13-7-6-12(11-16)14(15)10-13/h6-7,10,17H,2-5,8-9H2,1H3. The summed E-state index contributed by atoms with van der Waals surface area (Å²) < 4.78 is 0. The third kappa shape index (κ3) is 5.66. The molecule has 0 unspecified atom stereocenters. The highest BCUT2D eigenvalue weighted by Gasteiger charge is 2.00. The van der Waals surface area contributed by atoms with Gasteiger partial charge in [-0.2, -0.15) is 17.0 Å². The van der Waals surface area contributed by atoms with Gasteiger partial charge >= 0.3 is 0 Å². The number of thioether (sulfide) groups is 1. The first-order valence-electron chi connectivity index (χ1n) is 6.20. The Morgan fingerprint density at radius 3 is 2.72 bits per heavy atom. The number of nitriles is 1. The number of anilines is 1. The van der Waals surface area contributed by atoms with Gasteiger partial charge in [-0.3, -0.25) is 0 Å². The summed E-state index contributed by atoms with van der Waals surface area (Å²) in [7, 11) is 0. The number of halogens is 1. The molecular weight excluding hydrogens is 264 g/mol. The Kier molecular flexibility index (Phi) is 7.71. The lowest BCUT2D eigenvalue weighted by molar-refractivity contribution is 0.689. The molecule has 98 valence electrons. The molecule has 1 aromatic carbocycles. The highest BCUT2D eigenvalue weighted by atomic mass is 35.5. The molecule has 0 atom stereocenters. The summed E-state index contributed by atoms with van der Waals surface area (Å²) in [6.45, 7) is 0.960. The molecule has 0 aliphatic carbocycles. The maximum absolute atomic E-state index is 8.77. The molecule has 0 heterocycles. The van der Waals surface area contributed by atoms with Crippen molar-refractivity contribution < 1.29 is 0 Å². The van der Waals surface area contributed by atoms with Crippen LogP contribution < -0.4 is 5.32 Å². The Morgan fingerprint density at radius 2 is 2.06 bits per heavy atom. The first-order chi connectivity index (χ1) is 8.77.